The lowest BCUT2D eigenvalue weighted by atomic mass is 9.70. The van der Waals surface area contributed by atoms with Gasteiger partial charge in [-0.3, -0.25) is 4.98 Å². The van der Waals surface area contributed by atoms with Crippen LogP contribution in [0.5, 0.6) is 11.5 Å². The molecule has 2 aromatic carbocycles. The van der Waals surface area contributed by atoms with Gasteiger partial charge in [0.25, 0.3) is 0 Å². The molecule has 0 amide bonds. The van der Waals surface area contributed by atoms with Crippen molar-refractivity contribution in [3.63, 3.8) is 0 Å². The molecule has 1 aromatic heterocycles. The maximum atomic E-state index is 12.6. The molecule has 0 spiro atoms. The number of hydrogen-bond acceptors (Lipinski definition) is 6. The highest BCUT2D eigenvalue weighted by Crippen LogP contribution is 2.69. The van der Waals surface area contributed by atoms with Gasteiger partial charge in [-0.05, 0) is 25.1 Å². The van der Waals surface area contributed by atoms with Crippen molar-refractivity contribution in [2.24, 2.45) is 5.92 Å². The van der Waals surface area contributed by atoms with Gasteiger partial charge >= 0.3 is 0 Å². The van der Waals surface area contributed by atoms with Crippen LogP contribution >= 0.6 is 0 Å². The molecule has 1 aliphatic heterocycles. The van der Waals surface area contributed by atoms with E-state index in [1.54, 1.807) is 12.4 Å². The Morgan fingerprint density at radius 3 is 2.47 bits per heavy atom. The van der Waals surface area contributed by atoms with Gasteiger partial charge in [-0.25, -0.2) is 0 Å². The molecule has 5 rings (SSSR count). The summed E-state index contributed by atoms with van der Waals surface area (Å²) >= 11 is 0. The number of hydrogen-bond donors (Lipinski definition) is 3. The first kappa shape index (κ1) is 20.9. The van der Waals surface area contributed by atoms with Crippen LogP contribution in [0.2, 0.25) is 0 Å². The van der Waals surface area contributed by atoms with Crippen molar-refractivity contribution in [1.82, 2.24) is 10.3 Å². The second-order valence-corrected chi connectivity index (χ2v) is 8.74. The summed E-state index contributed by atoms with van der Waals surface area (Å²) in [5.74, 6) is 0.168. The van der Waals surface area contributed by atoms with E-state index in [0.29, 0.717) is 23.6 Å². The van der Waals surface area contributed by atoms with E-state index in [4.69, 9.17) is 9.47 Å². The summed E-state index contributed by atoms with van der Waals surface area (Å²) in [7, 11) is 3.39. The molecule has 1 aliphatic carbocycles. The van der Waals surface area contributed by atoms with E-state index in [2.05, 4.69) is 10.3 Å². The minimum Gasteiger partial charge on any atom is -0.495 e. The number of methoxy groups -OCH3 is 1. The molecule has 3 aromatic rings. The molecule has 2 aliphatic rings. The number of fused-ring (bicyclic) bond motifs is 3. The zero-order valence-electron chi connectivity index (χ0n) is 18.4. The molecular formula is C26H28N2O4. The van der Waals surface area contributed by atoms with Crippen LogP contribution in [-0.4, -0.2) is 42.0 Å². The van der Waals surface area contributed by atoms with Crippen molar-refractivity contribution < 1.29 is 19.7 Å². The normalized spacial score (nSPS) is 30.5. The predicted molar refractivity (Wildman–Crippen MR) is 121 cm³/mol. The van der Waals surface area contributed by atoms with E-state index in [9.17, 15) is 10.2 Å². The van der Waals surface area contributed by atoms with Gasteiger partial charge in [-0.1, -0.05) is 60.2 Å². The predicted octanol–water partition coefficient (Wildman–Crippen LogP) is 2.87. The number of nitrogens with one attached hydrogen (secondary N) is 1. The fraction of sp³-hybridized carbons (Fsp3) is 0.346. The van der Waals surface area contributed by atoms with Crippen molar-refractivity contribution >= 4 is 0 Å². The molecule has 0 unspecified atom stereocenters. The standard InChI is InChI=1S/C26H28N2O4/c1-16-9-11-18(12-10-16)26-22(17-7-5-4-6-8-17)19(13-27-2)24(29)25(26,30)23-20(31-3)14-28-15-21(23)32-26/h4-12,14-15,19,22,24,27,29-30H,13H2,1-3H3/t19-,22-,24-,25+,26+/m1/s1. The fourth-order valence-electron chi connectivity index (χ4n) is 5.80. The first-order valence-corrected chi connectivity index (χ1v) is 10.9. The molecule has 1 saturated carbocycles. The Balaban J connectivity index is 1.86. The van der Waals surface area contributed by atoms with Crippen LogP contribution in [0.25, 0.3) is 0 Å². The van der Waals surface area contributed by atoms with Gasteiger partial charge in [0, 0.05) is 18.4 Å². The van der Waals surface area contributed by atoms with Crippen LogP contribution in [0.3, 0.4) is 0 Å². The number of nitrogens with zero attached hydrogens (tertiary/aromatic N) is 1. The third-order valence-corrected chi connectivity index (χ3v) is 7.09. The molecule has 0 saturated heterocycles. The van der Waals surface area contributed by atoms with Crippen molar-refractivity contribution in [3.05, 3.63) is 89.2 Å². The molecule has 6 heteroatoms. The van der Waals surface area contributed by atoms with Gasteiger partial charge in [0.2, 0.25) is 0 Å². The lowest BCUT2D eigenvalue weighted by molar-refractivity contribution is -0.152. The van der Waals surface area contributed by atoms with E-state index in [1.165, 1.54) is 7.11 Å². The summed E-state index contributed by atoms with van der Waals surface area (Å²) in [6.07, 6.45) is 2.03. The quantitative estimate of drug-likeness (QED) is 0.575. The lowest BCUT2D eigenvalue weighted by Gasteiger charge is -2.41. The fourth-order valence-corrected chi connectivity index (χ4v) is 5.80. The number of aliphatic hydroxyl groups is 2. The van der Waals surface area contributed by atoms with Gasteiger partial charge < -0.3 is 25.0 Å². The van der Waals surface area contributed by atoms with Crippen LogP contribution in [0.4, 0.5) is 0 Å². The largest absolute Gasteiger partial charge is 0.495 e. The monoisotopic (exact) mass is 432 g/mol. The molecule has 5 atom stereocenters. The summed E-state index contributed by atoms with van der Waals surface area (Å²) in [4.78, 5) is 4.25. The molecule has 3 N–H and O–H groups in total. The van der Waals surface area contributed by atoms with E-state index in [1.807, 2.05) is 68.6 Å². The molecule has 32 heavy (non-hydrogen) atoms. The zero-order valence-corrected chi connectivity index (χ0v) is 18.4. The maximum absolute atomic E-state index is 12.6. The Morgan fingerprint density at radius 1 is 1.09 bits per heavy atom. The highest BCUT2D eigenvalue weighted by molar-refractivity contribution is 5.59. The van der Waals surface area contributed by atoms with Crippen molar-refractivity contribution in [2.75, 3.05) is 20.7 Å². The van der Waals surface area contributed by atoms with Gasteiger partial charge in [0.05, 0.1) is 31.2 Å². The minimum absolute atomic E-state index is 0.320. The molecular weight excluding hydrogens is 404 g/mol. The van der Waals surface area contributed by atoms with Crippen molar-refractivity contribution in [1.29, 1.82) is 0 Å². The summed E-state index contributed by atoms with van der Waals surface area (Å²) in [5, 5.41) is 27.5. The van der Waals surface area contributed by atoms with Gasteiger partial charge in [-0.15, -0.1) is 0 Å². The Bertz CT molecular complexity index is 1120. The van der Waals surface area contributed by atoms with Gasteiger partial charge in [0.1, 0.15) is 11.5 Å². The zero-order chi connectivity index (χ0) is 22.5. The van der Waals surface area contributed by atoms with Gasteiger partial charge in [-0.2, -0.15) is 0 Å². The first-order valence-electron chi connectivity index (χ1n) is 10.9. The lowest BCUT2D eigenvalue weighted by Crippen LogP contribution is -2.52. The Kier molecular flexibility index (Phi) is 4.97. The average molecular weight is 433 g/mol. The molecule has 2 heterocycles. The Morgan fingerprint density at radius 2 is 1.81 bits per heavy atom. The third kappa shape index (κ3) is 2.60. The van der Waals surface area contributed by atoms with Crippen molar-refractivity contribution in [2.45, 2.75) is 30.1 Å². The van der Waals surface area contributed by atoms with E-state index < -0.39 is 17.3 Å². The molecule has 0 radical (unpaired) electrons. The summed E-state index contributed by atoms with van der Waals surface area (Å²) < 4.78 is 12.3. The summed E-state index contributed by atoms with van der Waals surface area (Å²) in [5.41, 5.74) is 0.334. The SMILES string of the molecule is CNC[C@H]1[C@@H](O)[C@@]2(O)c3c(OC)cncc3O[C@@]2(c2ccc(C)cc2)[C@@H]1c1ccccc1. The highest BCUT2D eigenvalue weighted by Gasteiger charge is 2.76. The molecule has 1 fully saturated rings. The molecule has 0 bridgehead atoms. The Labute approximate surface area is 187 Å². The first-order chi connectivity index (χ1) is 15.5. The van der Waals surface area contributed by atoms with Crippen LogP contribution in [-0.2, 0) is 11.2 Å². The van der Waals surface area contributed by atoms with E-state index in [0.717, 1.165) is 16.7 Å². The summed E-state index contributed by atoms with van der Waals surface area (Å²) in [6, 6.07) is 18.0. The minimum atomic E-state index is -1.74. The number of ether oxygens (including phenoxy) is 2. The highest BCUT2D eigenvalue weighted by atomic mass is 16.5. The number of rotatable bonds is 5. The Hall–Kier alpha value is -2.93. The van der Waals surface area contributed by atoms with Crippen LogP contribution in [0.1, 0.15) is 28.2 Å². The number of benzene rings is 2. The number of aromatic nitrogens is 1. The van der Waals surface area contributed by atoms with Gasteiger partial charge in [0.15, 0.2) is 11.2 Å². The van der Waals surface area contributed by atoms with Crippen LogP contribution in [0, 0.1) is 12.8 Å². The van der Waals surface area contributed by atoms with E-state index >= 15 is 0 Å². The smallest absolute Gasteiger partial charge is 0.177 e. The number of aryl methyl sites for hydroxylation is 1. The van der Waals surface area contributed by atoms with Crippen LogP contribution in [0.15, 0.2) is 67.0 Å². The molecule has 166 valence electrons. The summed E-state index contributed by atoms with van der Waals surface area (Å²) in [6.45, 7) is 2.52. The maximum Gasteiger partial charge on any atom is 0.177 e. The molecule has 6 nitrogen and oxygen atoms in total. The topological polar surface area (TPSA) is 83.8 Å². The van der Waals surface area contributed by atoms with Crippen LogP contribution < -0.4 is 14.8 Å². The average Bonchev–Trinajstić information content (AvgIpc) is 3.19. The van der Waals surface area contributed by atoms with E-state index in [-0.39, 0.29) is 11.8 Å². The second kappa shape index (κ2) is 7.59. The number of aliphatic hydroxyl groups excluding tert-OH is 1. The second-order valence-electron chi connectivity index (χ2n) is 8.74. The van der Waals surface area contributed by atoms with Crippen molar-refractivity contribution in [3.8, 4) is 11.5 Å². The third-order valence-electron chi connectivity index (χ3n) is 7.09. The number of pyridine rings is 1.